The average molecular weight is 377 g/mol. The summed E-state index contributed by atoms with van der Waals surface area (Å²) in [5.41, 5.74) is 0.888. The van der Waals surface area contributed by atoms with Gasteiger partial charge in [0.15, 0.2) is 4.34 Å². The van der Waals surface area contributed by atoms with Crippen molar-refractivity contribution in [3.05, 3.63) is 30.2 Å². The van der Waals surface area contributed by atoms with Gasteiger partial charge in [-0.2, -0.15) is 4.98 Å². The third-order valence-electron chi connectivity index (χ3n) is 3.35. The highest BCUT2D eigenvalue weighted by Gasteiger charge is 2.11. The van der Waals surface area contributed by atoms with Crippen LogP contribution in [0, 0.1) is 0 Å². The van der Waals surface area contributed by atoms with Crippen molar-refractivity contribution in [2.24, 2.45) is 0 Å². The van der Waals surface area contributed by atoms with Crippen LogP contribution in [0.2, 0.25) is 0 Å². The maximum Gasteiger partial charge on any atom is 0.237 e. The van der Waals surface area contributed by atoms with Crippen molar-refractivity contribution in [3.8, 4) is 17.1 Å². The van der Waals surface area contributed by atoms with Gasteiger partial charge in [-0.1, -0.05) is 41.6 Å². The molecule has 0 amide bonds. The van der Waals surface area contributed by atoms with Gasteiger partial charge in [0, 0.05) is 12.1 Å². The number of ether oxygens (including phenoxy) is 1. The number of thioether (sulfide) groups is 1. The standard InChI is InChI=1S/C16H19N5O2S2/c1-3-4-9-17-15-19-20-16(25-15)24-10-13-18-14(21-23-13)11-5-7-12(22-2)8-6-11/h5-8H,3-4,9-10H2,1-2H3,(H,17,19). The summed E-state index contributed by atoms with van der Waals surface area (Å²) < 4.78 is 11.3. The van der Waals surface area contributed by atoms with E-state index in [9.17, 15) is 0 Å². The second kappa shape index (κ2) is 8.82. The number of nitrogens with zero attached hydrogens (tertiary/aromatic N) is 4. The van der Waals surface area contributed by atoms with Gasteiger partial charge in [-0.25, -0.2) is 0 Å². The molecule has 0 saturated carbocycles. The molecule has 0 aliphatic rings. The van der Waals surface area contributed by atoms with Gasteiger partial charge in [-0.05, 0) is 30.7 Å². The predicted octanol–water partition coefficient (Wildman–Crippen LogP) is 4.10. The lowest BCUT2D eigenvalue weighted by Gasteiger charge is -1.98. The molecule has 0 saturated heterocycles. The van der Waals surface area contributed by atoms with E-state index in [4.69, 9.17) is 9.26 Å². The number of rotatable bonds is 9. The fourth-order valence-corrected chi connectivity index (χ4v) is 3.62. The fourth-order valence-electron chi connectivity index (χ4n) is 2.01. The van der Waals surface area contributed by atoms with Gasteiger partial charge in [0.1, 0.15) is 5.75 Å². The molecule has 0 fully saturated rings. The second-order valence-corrected chi connectivity index (χ2v) is 7.38. The summed E-state index contributed by atoms with van der Waals surface area (Å²) in [5, 5.41) is 16.4. The first-order valence-electron chi connectivity index (χ1n) is 7.95. The molecule has 2 aromatic heterocycles. The van der Waals surface area contributed by atoms with E-state index in [2.05, 4.69) is 32.6 Å². The van der Waals surface area contributed by atoms with Crippen LogP contribution in [0.15, 0.2) is 33.1 Å². The van der Waals surface area contributed by atoms with Gasteiger partial charge >= 0.3 is 0 Å². The molecule has 0 aliphatic carbocycles. The van der Waals surface area contributed by atoms with E-state index >= 15 is 0 Å². The maximum atomic E-state index is 5.31. The molecule has 0 spiro atoms. The SMILES string of the molecule is CCCCNc1nnc(SCc2nc(-c3ccc(OC)cc3)no2)s1. The van der Waals surface area contributed by atoms with Crippen molar-refractivity contribution in [3.63, 3.8) is 0 Å². The molecule has 3 rings (SSSR count). The Bertz CT molecular complexity index is 788. The number of hydrogen-bond donors (Lipinski definition) is 1. The van der Waals surface area contributed by atoms with E-state index in [1.54, 1.807) is 7.11 Å². The Labute approximate surface area is 154 Å². The van der Waals surface area contributed by atoms with Crippen LogP contribution >= 0.6 is 23.1 Å². The van der Waals surface area contributed by atoms with Crippen molar-refractivity contribution < 1.29 is 9.26 Å². The zero-order valence-electron chi connectivity index (χ0n) is 14.1. The number of aromatic nitrogens is 4. The quantitative estimate of drug-likeness (QED) is 0.440. The molecule has 3 aromatic rings. The maximum absolute atomic E-state index is 5.31. The van der Waals surface area contributed by atoms with Gasteiger partial charge in [0.2, 0.25) is 16.8 Å². The van der Waals surface area contributed by atoms with E-state index in [0.29, 0.717) is 17.5 Å². The zero-order chi connectivity index (χ0) is 17.5. The summed E-state index contributed by atoms with van der Waals surface area (Å²) >= 11 is 3.07. The van der Waals surface area contributed by atoms with Gasteiger partial charge in [-0.15, -0.1) is 10.2 Å². The van der Waals surface area contributed by atoms with Crippen LogP contribution < -0.4 is 10.1 Å². The van der Waals surface area contributed by atoms with Crippen LogP contribution in [0.1, 0.15) is 25.7 Å². The Morgan fingerprint density at radius 3 is 2.84 bits per heavy atom. The second-order valence-electron chi connectivity index (χ2n) is 5.18. The van der Waals surface area contributed by atoms with Crippen molar-refractivity contribution in [1.29, 1.82) is 0 Å². The fraction of sp³-hybridized carbons (Fsp3) is 0.375. The van der Waals surface area contributed by atoms with Gasteiger partial charge in [0.05, 0.1) is 12.9 Å². The summed E-state index contributed by atoms with van der Waals surface area (Å²) in [5.74, 6) is 2.49. The molecular weight excluding hydrogens is 358 g/mol. The number of methoxy groups -OCH3 is 1. The smallest absolute Gasteiger partial charge is 0.237 e. The lowest BCUT2D eigenvalue weighted by atomic mass is 10.2. The molecular formula is C16H19N5O2S2. The van der Waals surface area contributed by atoms with Crippen molar-refractivity contribution in [2.45, 2.75) is 29.9 Å². The van der Waals surface area contributed by atoms with Crippen LogP contribution in [0.5, 0.6) is 5.75 Å². The highest BCUT2D eigenvalue weighted by Crippen LogP contribution is 2.28. The first-order valence-corrected chi connectivity index (χ1v) is 9.76. The van der Waals surface area contributed by atoms with E-state index < -0.39 is 0 Å². The van der Waals surface area contributed by atoms with Gasteiger partial charge < -0.3 is 14.6 Å². The number of unbranched alkanes of at least 4 members (excludes halogenated alkanes) is 1. The lowest BCUT2D eigenvalue weighted by Crippen LogP contribution is -1.99. The summed E-state index contributed by atoms with van der Waals surface area (Å²) in [7, 11) is 1.64. The highest BCUT2D eigenvalue weighted by molar-refractivity contribution is 8.00. The summed E-state index contributed by atoms with van der Waals surface area (Å²) in [6.07, 6.45) is 2.28. The van der Waals surface area contributed by atoms with Crippen LogP contribution in [0.25, 0.3) is 11.4 Å². The Morgan fingerprint density at radius 1 is 1.24 bits per heavy atom. The molecule has 7 nitrogen and oxygen atoms in total. The molecule has 25 heavy (non-hydrogen) atoms. The molecule has 0 atom stereocenters. The molecule has 0 bridgehead atoms. The van der Waals surface area contributed by atoms with Crippen LogP contribution in [-0.4, -0.2) is 34.0 Å². The zero-order valence-corrected chi connectivity index (χ0v) is 15.7. The molecule has 9 heteroatoms. The normalized spacial score (nSPS) is 10.8. The average Bonchev–Trinajstić information content (AvgIpc) is 3.30. The number of nitrogens with one attached hydrogen (secondary N) is 1. The molecule has 1 N–H and O–H groups in total. The van der Waals surface area contributed by atoms with Crippen molar-refractivity contribution in [1.82, 2.24) is 20.3 Å². The van der Waals surface area contributed by atoms with Crippen molar-refractivity contribution in [2.75, 3.05) is 19.0 Å². The Kier molecular flexibility index (Phi) is 6.24. The molecule has 1 aromatic carbocycles. The first kappa shape index (κ1) is 17.7. The monoisotopic (exact) mass is 377 g/mol. The third-order valence-corrected chi connectivity index (χ3v) is 5.35. The van der Waals surface area contributed by atoms with Crippen LogP contribution in [0.3, 0.4) is 0 Å². The van der Waals surface area contributed by atoms with E-state index in [1.807, 2.05) is 24.3 Å². The topological polar surface area (TPSA) is 86.0 Å². The summed E-state index contributed by atoms with van der Waals surface area (Å²) in [6.45, 7) is 3.08. The minimum atomic E-state index is 0.562. The first-order chi connectivity index (χ1) is 12.3. The van der Waals surface area contributed by atoms with Crippen molar-refractivity contribution >= 4 is 28.2 Å². The van der Waals surface area contributed by atoms with E-state index in [1.165, 1.54) is 23.1 Å². The predicted molar refractivity (Wildman–Crippen MR) is 99.2 cm³/mol. The van der Waals surface area contributed by atoms with Crippen LogP contribution in [0.4, 0.5) is 5.13 Å². The number of anilines is 1. The molecule has 132 valence electrons. The van der Waals surface area contributed by atoms with E-state index in [0.717, 1.165) is 40.2 Å². The van der Waals surface area contributed by atoms with Crippen LogP contribution in [-0.2, 0) is 5.75 Å². The largest absolute Gasteiger partial charge is 0.497 e. The summed E-state index contributed by atoms with van der Waals surface area (Å²) in [6, 6.07) is 7.54. The molecule has 0 aliphatic heterocycles. The number of benzene rings is 1. The minimum Gasteiger partial charge on any atom is -0.497 e. The Morgan fingerprint density at radius 2 is 2.08 bits per heavy atom. The molecule has 2 heterocycles. The third kappa shape index (κ3) is 4.93. The lowest BCUT2D eigenvalue weighted by molar-refractivity contribution is 0.391. The number of hydrogen-bond acceptors (Lipinski definition) is 9. The van der Waals surface area contributed by atoms with Gasteiger partial charge in [0.25, 0.3) is 0 Å². The Hall–Kier alpha value is -2.13. The minimum absolute atomic E-state index is 0.562. The highest BCUT2D eigenvalue weighted by atomic mass is 32.2. The molecule has 0 radical (unpaired) electrons. The van der Waals surface area contributed by atoms with Gasteiger partial charge in [-0.3, -0.25) is 0 Å². The molecule has 0 unspecified atom stereocenters. The Balaban J connectivity index is 1.54. The summed E-state index contributed by atoms with van der Waals surface area (Å²) in [4.78, 5) is 4.42. The van der Waals surface area contributed by atoms with E-state index in [-0.39, 0.29) is 0 Å².